The molecule has 0 atom stereocenters. The molecule has 0 spiro atoms. The Morgan fingerprint density at radius 2 is 1.85 bits per heavy atom. The maximum atomic E-state index is 12.4. The minimum absolute atomic E-state index is 0.103. The highest BCUT2D eigenvalue weighted by molar-refractivity contribution is 14.1. The van der Waals surface area contributed by atoms with Crippen LogP contribution in [-0.4, -0.2) is 20.1 Å². The van der Waals surface area contributed by atoms with E-state index in [1.54, 1.807) is 31.2 Å². The van der Waals surface area contributed by atoms with Crippen LogP contribution < -0.4 is 9.64 Å². The molecule has 0 saturated carbocycles. The van der Waals surface area contributed by atoms with Gasteiger partial charge in [0.05, 0.1) is 12.1 Å². The second-order valence-corrected chi connectivity index (χ2v) is 5.76. The summed E-state index contributed by atoms with van der Waals surface area (Å²) >= 11 is 8.18. The molecule has 0 aliphatic rings. The van der Waals surface area contributed by atoms with Gasteiger partial charge in [-0.25, -0.2) is 0 Å². The van der Waals surface area contributed by atoms with E-state index in [2.05, 4.69) is 22.6 Å². The van der Waals surface area contributed by atoms with Crippen LogP contribution in [0.15, 0.2) is 42.5 Å². The summed E-state index contributed by atoms with van der Waals surface area (Å²) in [7, 11) is 3.34. The SMILES string of the molecule is COc1ccc(N(C)C(=O)c2ccc(I)c(Cl)c2)cc1. The summed E-state index contributed by atoms with van der Waals surface area (Å²) in [4.78, 5) is 14.0. The lowest BCUT2D eigenvalue weighted by Gasteiger charge is -2.18. The highest BCUT2D eigenvalue weighted by Gasteiger charge is 2.14. The Balaban J connectivity index is 2.24. The fourth-order valence-electron chi connectivity index (χ4n) is 1.75. The van der Waals surface area contributed by atoms with Crippen molar-refractivity contribution >= 4 is 45.8 Å². The van der Waals surface area contributed by atoms with Gasteiger partial charge in [0.1, 0.15) is 5.75 Å². The average Bonchev–Trinajstić information content (AvgIpc) is 2.48. The molecule has 0 aliphatic heterocycles. The van der Waals surface area contributed by atoms with E-state index in [4.69, 9.17) is 16.3 Å². The van der Waals surface area contributed by atoms with Crippen molar-refractivity contribution in [2.75, 3.05) is 19.1 Å². The molecule has 5 heteroatoms. The Labute approximate surface area is 136 Å². The summed E-state index contributed by atoms with van der Waals surface area (Å²) in [5.41, 5.74) is 1.36. The van der Waals surface area contributed by atoms with E-state index in [1.807, 2.05) is 30.3 Å². The van der Waals surface area contributed by atoms with Crippen LogP contribution in [0.3, 0.4) is 0 Å². The fourth-order valence-corrected chi connectivity index (χ4v) is 2.26. The molecule has 0 bridgehead atoms. The molecule has 0 N–H and O–H groups in total. The van der Waals surface area contributed by atoms with Gasteiger partial charge >= 0.3 is 0 Å². The summed E-state index contributed by atoms with van der Waals surface area (Å²) < 4.78 is 6.03. The van der Waals surface area contributed by atoms with Crippen LogP contribution >= 0.6 is 34.2 Å². The Kier molecular flexibility index (Phi) is 4.88. The van der Waals surface area contributed by atoms with Crippen LogP contribution in [0.4, 0.5) is 5.69 Å². The summed E-state index contributed by atoms with van der Waals surface area (Å²) in [5.74, 6) is 0.653. The van der Waals surface area contributed by atoms with Crippen LogP contribution in [0, 0.1) is 3.57 Å². The maximum absolute atomic E-state index is 12.4. The molecule has 0 heterocycles. The van der Waals surface area contributed by atoms with E-state index in [0.29, 0.717) is 10.6 Å². The van der Waals surface area contributed by atoms with Gasteiger partial charge in [-0.2, -0.15) is 0 Å². The minimum atomic E-state index is -0.103. The molecule has 0 fully saturated rings. The number of carbonyl (C=O) groups excluding carboxylic acids is 1. The Bertz CT molecular complexity index is 628. The molecule has 20 heavy (non-hydrogen) atoms. The lowest BCUT2D eigenvalue weighted by molar-refractivity contribution is 0.0993. The van der Waals surface area contributed by atoms with Gasteiger partial charge in [-0.1, -0.05) is 11.6 Å². The van der Waals surface area contributed by atoms with Crippen molar-refractivity contribution in [3.8, 4) is 5.75 Å². The smallest absolute Gasteiger partial charge is 0.258 e. The van der Waals surface area contributed by atoms with Gasteiger partial charge in [0, 0.05) is 21.9 Å². The van der Waals surface area contributed by atoms with Gasteiger partial charge in [-0.15, -0.1) is 0 Å². The number of ether oxygens (including phenoxy) is 1. The van der Waals surface area contributed by atoms with Gasteiger partial charge in [-0.05, 0) is 65.1 Å². The maximum Gasteiger partial charge on any atom is 0.258 e. The number of halogens is 2. The van der Waals surface area contributed by atoms with Crippen LogP contribution in [0.25, 0.3) is 0 Å². The van der Waals surface area contributed by atoms with Gasteiger partial charge in [-0.3, -0.25) is 4.79 Å². The number of hydrogen-bond acceptors (Lipinski definition) is 2. The molecular formula is C15H13ClINO2. The molecule has 0 aliphatic carbocycles. The van der Waals surface area contributed by atoms with Crippen LogP contribution in [0.5, 0.6) is 5.75 Å². The zero-order valence-corrected chi connectivity index (χ0v) is 14.0. The first kappa shape index (κ1) is 15.1. The second kappa shape index (κ2) is 6.45. The van der Waals surface area contributed by atoms with E-state index in [0.717, 1.165) is 15.0 Å². The molecule has 0 unspecified atom stereocenters. The number of benzene rings is 2. The predicted molar refractivity (Wildman–Crippen MR) is 89.9 cm³/mol. The van der Waals surface area contributed by atoms with Crippen LogP contribution in [0.2, 0.25) is 5.02 Å². The fraction of sp³-hybridized carbons (Fsp3) is 0.133. The zero-order valence-electron chi connectivity index (χ0n) is 11.1. The Morgan fingerprint density at radius 3 is 2.40 bits per heavy atom. The lowest BCUT2D eigenvalue weighted by Crippen LogP contribution is -2.26. The van der Waals surface area contributed by atoms with Crippen LogP contribution in [0.1, 0.15) is 10.4 Å². The van der Waals surface area contributed by atoms with Gasteiger partial charge in [0.2, 0.25) is 0 Å². The first-order chi connectivity index (χ1) is 9.52. The first-order valence-corrected chi connectivity index (χ1v) is 7.36. The van der Waals surface area contributed by atoms with Gasteiger partial charge < -0.3 is 9.64 Å². The normalized spacial score (nSPS) is 10.2. The number of rotatable bonds is 3. The average molecular weight is 402 g/mol. The lowest BCUT2D eigenvalue weighted by atomic mass is 10.2. The molecule has 0 aromatic heterocycles. The largest absolute Gasteiger partial charge is 0.497 e. The third-order valence-corrected chi connectivity index (χ3v) is 4.50. The summed E-state index contributed by atoms with van der Waals surface area (Å²) in [6.07, 6.45) is 0. The molecule has 0 radical (unpaired) electrons. The van der Waals surface area contributed by atoms with E-state index >= 15 is 0 Å². The first-order valence-electron chi connectivity index (χ1n) is 5.90. The third-order valence-electron chi connectivity index (χ3n) is 2.93. The van der Waals surface area contributed by atoms with Crippen molar-refractivity contribution in [1.29, 1.82) is 0 Å². The number of methoxy groups -OCH3 is 1. The van der Waals surface area contributed by atoms with E-state index in [1.165, 1.54) is 0 Å². The van der Waals surface area contributed by atoms with Crippen molar-refractivity contribution in [3.63, 3.8) is 0 Å². The zero-order chi connectivity index (χ0) is 14.7. The van der Waals surface area contributed by atoms with Crippen molar-refractivity contribution < 1.29 is 9.53 Å². The minimum Gasteiger partial charge on any atom is -0.497 e. The van der Waals surface area contributed by atoms with Crippen LogP contribution in [-0.2, 0) is 0 Å². The van der Waals surface area contributed by atoms with Crippen molar-refractivity contribution in [2.24, 2.45) is 0 Å². The molecule has 1 amide bonds. The number of hydrogen-bond donors (Lipinski definition) is 0. The molecule has 2 aromatic rings. The topological polar surface area (TPSA) is 29.5 Å². The summed E-state index contributed by atoms with van der Waals surface area (Å²) in [5, 5.41) is 0.583. The van der Waals surface area contributed by atoms with Crippen molar-refractivity contribution in [1.82, 2.24) is 0 Å². The van der Waals surface area contributed by atoms with Crippen molar-refractivity contribution in [2.45, 2.75) is 0 Å². The van der Waals surface area contributed by atoms with E-state index < -0.39 is 0 Å². The molecule has 3 nitrogen and oxygen atoms in total. The quantitative estimate of drug-likeness (QED) is 0.721. The second-order valence-electron chi connectivity index (χ2n) is 4.19. The highest BCUT2D eigenvalue weighted by atomic mass is 127. The van der Waals surface area contributed by atoms with Gasteiger partial charge in [0.25, 0.3) is 5.91 Å². The summed E-state index contributed by atoms with van der Waals surface area (Å²) in [6.45, 7) is 0. The number of anilines is 1. The van der Waals surface area contributed by atoms with E-state index in [-0.39, 0.29) is 5.91 Å². The molecule has 2 rings (SSSR count). The molecule has 0 saturated heterocycles. The number of carbonyl (C=O) groups is 1. The van der Waals surface area contributed by atoms with Gasteiger partial charge in [0.15, 0.2) is 0 Å². The van der Waals surface area contributed by atoms with Crippen molar-refractivity contribution in [3.05, 3.63) is 56.6 Å². The van der Waals surface area contributed by atoms with E-state index in [9.17, 15) is 4.79 Å². The highest BCUT2D eigenvalue weighted by Crippen LogP contribution is 2.23. The Hall–Kier alpha value is -1.27. The number of amides is 1. The molecule has 104 valence electrons. The molecular weight excluding hydrogens is 389 g/mol. The summed E-state index contributed by atoms with van der Waals surface area (Å²) in [6, 6.07) is 12.6. The predicted octanol–water partition coefficient (Wildman–Crippen LogP) is 4.23. The monoisotopic (exact) mass is 401 g/mol. The standard InChI is InChI=1S/C15H13ClINO2/c1-18(11-4-6-12(20-2)7-5-11)15(19)10-3-8-14(17)13(16)9-10/h3-9H,1-2H3. The Morgan fingerprint density at radius 1 is 1.20 bits per heavy atom. The molecule has 2 aromatic carbocycles. The number of nitrogens with zero attached hydrogens (tertiary/aromatic N) is 1. The third kappa shape index (κ3) is 3.24.